The summed E-state index contributed by atoms with van der Waals surface area (Å²) in [4.78, 5) is 12.2. The third-order valence-corrected chi connectivity index (χ3v) is 4.54. The fraction of sp³-hybridized carbons (Fsp3) is 0.190. The molecule has 2 aliphatic rings. The maximum atomic E-state index is 12.2. The lowest BCUT2D eigenvalue weighted by Gasteiger charge is -2.16. The van der Waals surface area contributed by atoms with Crippen LogP contribution in [0.1, 0.15) is 36.8 Å². The van der Waals surface area contributed by atoms with E-state index in [1.54, 1.807) is 0 Å². The molecular weight excluding hydrogens is 310 g/mol. The van der Waals surface area contributed by atoms with Crippen molar-refractivity contribution in [1.29, 1.82) is 0 Å². The molecule has 2 aromatic rings. The van der Waals surface area contributed by atoms with E-state index < -0.39 is 0 Å². The SMILES string of the molecule is O=C1Nc2ccccc2\C1=N/N=C1/CCCC/C1=C\c1ccccc1. The summed E-state index contributed by atoms with van der Waals surface area (Å²) in [6.45, 7) is 0. The van der Waals surface area contributed by atoms with Gasteiger partial charge in [0.05, 0.1) is 11.4 Å². The van der Waals surface area contributed by atoms with E-state index >= 15 is 0 Å². The van der Waals surface area contributed by atoms with Crippen molar-refractivity contribution < 1.29 is 4.79 Å². The third kappa shape index (κ3) is 3.29. The standard InChI is InChI=1S/C21H19N3O/c25-21-20(17-11-5-7-13-19(17)22-21)24-23-18-12-6-4-10-16(18)14-15-8-2-1-3-9-15/h1-3,5,7-9,11,13-14H,4,6,10,12H2,(H,22,24,25)/b16-14+,23-18-. The first-order valence-corrected chi connectivity index (χ1v) is 8.62. The minimum atomic E-state index is -0.185. The summed E-state index contributed by atoms with van der Waals surface area (Å²) in [7, 11) is 0. The van der Waals surface area contributed by atoms with Gasteiger partial charge in [0.25, 0.3) is 5.91 Å². The lowest BCUT2D eigenvalue weighted by molar-refractivity contribution is -0.110. The van der Waals surface area contributed by atoms with Crippen LogP contribution in [0.5, 0.6) is 0 Å². The first-order chi connectivity index (χ1) is 12.3. The Hall–Kier alpha value is -3.01. The summed E-state index contributed by atoms with van der Waals surface area (Å²) in [5, 5.41) is 11.6. The molecule has 0 bridgehead atoms. The predicted octanol–water partition coefficient (Wildman–Crippen LogP) is 4.44. The van der Waals surface area contributed by atoms with Gasteiger partial charge in [0.2, 0.25) is 0 Å². The number of benzene rings is 2. The van der Waals surface area contributed by atoms with Gasteiger partial charge in [0.15, 0.2) is 5.71 Å². The summed E-state index contributed by atoms with van der Waals surface area (Å²) in [6, 6.07) is 17.8. The van der Waals surface area contributed by atoms with Crippen molar-refractivity contribution in [3.05, 3.63) is 71.3 Å². The van der Waals surface area contributed by atoms with Gasteiger partial charge in [-0.3, -0.25) is 4.79 Å². The van der Waals surface area contributed by atoms with E-state index in [2.05, 4.69) is 33.7 Å². The Bertz CT molecular complexity index is 894. The van der Waals surface area contributed by atoms with Crippen molar-refractivity contribution in [3.63, 3.8) is 0 Å². The smallest absolute Gasteiger partial charge is 0.276 e. The molecule has 1 fully saturated rings. The van der Waals surface area contributed by atoms with Crippen LogP contribution in [0.25, 0.3) is 6.08 Å². The number of rotatable bonds is 2. The highest BCUT2D eigenvalue weighted by Gasteiger charge is 2.25. The van der Waals surface area contributed by atoms with Crippen LogP contribution in [0.4, 0.5) is 5.69 Å². The number of hydrogen-bond donors (Lipinski definition) is 1. The third-order valence-electron chi connectivity index (χ3n) is 4.54. The lowest BCUT2D eigenvalue weighted by atomic mass is 9.91. The van der Waals surface area contributed by atoms with Gasteiger partial charge in [-0.15, -0.1) is 5.10 Å². The molecule has 124 valence electrons. The molecule has 2 aromatic carbocycles. The highest BCUT2D eigenvalue weighted by atomic mass is 16.2. The van der Waals surface area contributed by atoms with Crippen LogP contribution in [0.15, 0.2) is 70.4 Å². The largest absolute Gasteiger partial charge is 0.320 e. The quantitative estimate of drug-likeness (QED) is 0.814. The van der Waals surface area contributed by atoms with Crippen LogP contribution >= 0.6 is 0 Å². The van der Waals surface area contributed by atoms with Crippen molar-refractivity contribution >= 4 is 29.1 Å². The van der Waals surface area contributed by atoms with Gasteiger partial charge in [-0.2, -0.15) is 5.10 Å². The normalized spacial score (nSPS) is 21.6. The number of amides is 1. The zero-order chi connectivity index (χ0) is 17.1. The van der Waals surface area contributed by atoms with E-state index in [9.17, 15) is 4.79 Å². The first kappa shape index (κ1) is 15.5. The summed E-state index contributed by atoms with van der Waals surface area (Å²) in [5.74, 6) is -0.185. The molecule has 1 amide bonds. The van der Waals surface area contributed by atoms with E-state index in [4.69, 9.17) is 0 Å². The molecule has 4 rings (SSSR count). The number of nitrogens with zero attached hydrogens (tertiary/aromatic N) is 2. The lowest BCUT2D eigenvalue weighted by Crippen LogP contribution is -2.15. The number of allylic oxidation sites excluding steroid dienone is 1. The van der Waals surface area contributed by atoms with E-state index in [-0.39, 0.29) is 5.91 Å². The van der Waals surface area contributed by atoms with Gasteiger partial charge in [-0.05, 0) is 49.0 Å². The fourth-order valence-electron chi connectivity index (χ4n) is 3.24. The zero-order valence-electron chi connectivity index (χ0n) is 13.9. The van der Waals surface area contributed by atoms with Crippen LogP contribution in [0, 0.1) is 0 Å². The van der Waals surface area contributed by atoms with E-state index in [1.807, 2.05) is 42.5 Å². The molecule has 1 saturated carbocycles. The molecular formula is C21H19N3O. The van der Waals surface area contributed by atoms with Gasteiger partial charge < -0.3 is 5.32 Å². The topological polar surface area (TPSA) is 53.8 Å². The molecule has 1 N–H and O–H groups in total. The second-order valence-corrected chi connectivity index (χ2v) is 6.28. The Morgan fingerprint density at radius 2 is 1.64 bits per heavy atom. The molecule has 0 aromatic heterocycles. The van der Waals surface area contributed by atoms with Crippen LogP contribution in [0.2, 0.25) is 0 Å². The van der Waals surface area contributed by atoms with Crippen molar-refractivity contribution in [2.45, 2.75) is 25.7 Å². The molecule has 0 atom stereocenters. The van der Waals surface area contributed by atoms with E-state index in [0.29, 0.717) is 5.71 Å². The summed E-state index contributed by atoms with van der Waals surface area (Å²) in [5.41, 5.74) is 5.39. The molecule has 4 nitrogen and oxygen atoms in total. The second kappa shape index (κ2) is 6.85. The Balaban J connectivity index is 1.67. The first-order valence-electron chi connectivity index (χ1n) is 8.62. The summed E-state index contributed by atoms with van der Waals surface area (Å²) >= 11 is 0. The highest BCUT2D eigenvalue weighted by molar-refractivity contribution is 6.53. The molecule has 0 unspecified atom stereocenters. The molecule has 0 saturated heterocycles. The van der Waals surface area contributed by atoms with Gasteiger partial charge in [-0.1, -0.05) is 48.5 Å². The monoisotopic (exact) mass is 329 g/mol. The molecule has 1 heterocycles. The highest BCUT2D eigenvalue weighted by Crippen LogP contribution is 2.25. The maximum absolute atomic E-state index is 12.2. The zero-order valence-corrected chi connectivity index (χ0v) is 13.9. The Morgan fingerprint density at radius 3 is 2.52 bits per heavy atom. The minimum Gasteiger partial charge on any atom is -0.320 e. The average Bonchev–Trinajstić information content (AvgIpc) is 2.97. The van der Waals surface area contributed by atoms with Crippen molar-refractivity contribution in [2.75, 3.05) is 5.32 Å². The van der Waals surface area contributed by atoms with E-state index in [1.165, 1.54) is 11.1 Å². The molecule has 0 radical (unpaired) electrons. The molecule has 0 spiro atoms. The number of carbonyl (C=O) groups is 1. The van der Waals surface area contributed by atoms with Crippen molar-refractivity contribution in [3.8, 4) is 0 Å². The van der Waals surface area contributed by atoms with Crippen molar-refractivity contribution in [1.82, 2.24) is 0 Å². The number of carbonyl (C=O) groups excluding carboxylic acids is 1. The summed E-state index contributed by atoms with van der Waals surface area (Å²) < 4.78 is 0. The number of fused-ring (bicyclic) bond motifs is 1. The molecule has 1 aliphatic carbocycles. The number of anilines is 1. The van der Waals surface area contributed by atoms with Gasteiger partial charge in [-0.25, -0.2) is 0 Å². The number of hydrogen-bond acceptors (Lipinski definition) is 3. The van der Waals surface area contributed by atoms with Crippen LogP contribution in [0.3, 0.4) is 0 Å². The minimum absolute atomic E-state index is 0.185. The Morgan fingerprint density at radius 1 is 0.880 bits per heavy atom. The molecule has 25 heavy (non-hydrogen) atoms. The second-order valence-electron chi connectivity index (χ2n) is 6.28. The van der Waals surface area contributed by atoms with Crippen molar-refractivity contribution in [2.24, 2.45) is 10.2 Å². The fourth-order valence-corrected chi connectivity index (χ4v) is 3.24. The maximum Gasteiger partial charge on any atom is 0.276 e. The average molecular weight is 329 g/mol. The van der Waals surface area contributed by atoms with Crippen LogP contribution in [-0.4, -0.2) is 17.3 Å². The van der Waals surface area contributed by atoms with Gasteiger partial charge in [0, 0.05) is 5.56 Å². The van der Waals surface area contributed by atoms with Crippen LogP contribution in [-0.2, 0) is 4.79 Å². The Kier molecular flexibility index (Phi) is 4.25. The summed E-state index contributed by atoms with van der Waals surface area (Å²) in [6.07, 6.45) is 6.36. The van der Waals surface area contributed by atoms with Gasteiger partial charge >= 0.3 is 0 Å². The number of nitrogens with one attached hydrogen (secondary N) is 1. The molecule has 4 heteroatoms. The van der Waals surface area contributed by atoms with Gasteiger partial charge in [0.1, 0.15) is 0 Å². The van der Waals surface area contributed by atoms with E-state index in [0.717, 1.165) is 42.6 Å². The Labute approximate surface area is 147 Å². The predicted molar refractivity (Wildman–Crippen MR) is 102 cm³/mol. The number of para-hydroxylation sites is 1. The van der Waals surface area contributed by atoms with Crippen LogP contribution < -0.4 is 5.32 Å². The molecule has 1 aliphatic heterocycles.